The van der Waals surface area contributed by atoms with Crippen LogP contribution < -0.4 is 0 Å². The van der Waals surface area contributed by atoms with Crippen molar-refractivity contribution in [2.24, 2.45) is 7.05 Å². The smallest absolute Gasteiger partial charge is 0.153 e. The second-order valence-electron chi connectivity index (χ2n) is 1.96. The molecule has 0 radical (unpaired) electrons. The van der Waals surface area contributed by atoms with E-state index in [0.717, 1.165) is 6.29 Å². The molecule has 3 nitrogen and oxygen atoms in total. The van der Waals surface area contributed by atoms with Gasteiger partial charge in [0.15, 0.2) is 6.29 Å². The molecule has 0 aromatic carbocycles. The van der Waals surface area contributed by atoms with Crippen LogP contribution in [0.15, 0.2) is 6.20 Å². The van der Waals surface area contributed by atoms with Gasteiger partial charge in [-0.2, -0.15) is 5.10 Å². The third-order valence-electron chi connectivity index (χ3n) is 1.19. The van der Waals surface area contributed by atoms with Crippen LogP contribution in [0.5, 0.6) is 0 Å². The summed E-state index contributed by atoms with van der Waals surface area (Å²) in [5, 5.41) is 3.95. The minimum absolute atomic E-state index is 0.287. The molecule has 0 saturated carbocycles. The van der Waals surface area contributed by atoms with Gasteiger partial charge in [-0.15, -0.1) is 11.6 Å². The lowest BCUT2D eigenvalue weighted by atomic mass is 10.3. The number of rotatable bonds is 2. The highest BCUT2D eigenvalue weighted by molar-refractivity contribution is 6.17. The van der Waals surface area contributed by atoms with Gasteiger partial charge in [-0.05, 0) is 0 Å². The molecule has 1 aromatic heterocycles. The van der Waals surface area contributed by atoms with Crippen molar-refractivity contribution in [3.63, 3.8) is 0 Å². The Bertz CT molecular complexity index is 244. The number of nitrogens with zero attached hydrogens (tertiary/aromatic N) is 2. The molecule has 0 atom stereocenters. The van der Waals surface area contributed by atoms with Crippen LogP contribution in [0.3, 0.4) is 0 Å². The first-order valence-electron chi connectivity index (χ1n) is 2.81. The molecule has 0 amide bonds. The third kappa shape index (κ3) is 1.19. The van der Waals surface area contributed by atoms with Crippen LogP contribution in [-0.4, -0.2) is 16.1 Å². The molecule has 0 N–H and O–H groups in total. The molecule has 4 heteroatoms. The molecule has 1 rings (SSSR count). The number of hydrogen-bond donors (Lipinski definition) is 0. The Labute approximate surface area is 63.6 Å². The number of aryl methyl sites for hydroxylation is 1. The summed E-state index contributed by atoms with van der Waals surface area (Å²) >= 11 is 5.49. The van der Waals surface area contributed by atoms with Crippen molar-refractivity contribution in [3.8, 4) is 0 Å². The predicted molar refractivity (Wildman–Crippen MR) is 38.2 cm³/mol. The Morgan fingerprint density at radius 1 is 1.90 bits per heavy atom. The first-order valence-corrected chi connectivity index (χ1v) is 3.35. The van der Waals surface area contributed by atoms with Crippen LogP contribution in [0.4, 0.5) is 0 Å². The largest absolute Gasteiger partial charge is 0.298 e. The van der Waals surface area contributed by atoms with Crippen molar-refractivity contribution in [1.29, 1.82) is 0 Å². The van der Waals surface area contributed by atoms with E-state index in [9.17, 15) is 4.79 Å². The second kappa shape index (κ2) is 2.84. The molecule has 0 fully saturated rings. The van der Waals surface area contributed by atoms with Crippen LogP contribution >= 0.6 is 11.6 Å². The lowest BCUT2D eigenvalue weighted by Crippen LogP contribution is -1.88. The normalized spacial score (nSPS) is 9.80. The van der Waals surface area contributed by atoms with Gasteiger partial charge in [-0.3, -0.25) is 9.48 Å². The zero-order valence-corrected chi connectivity index (χ0v) is 6.30. The summed E-state index contributed by atoms with van der Waals surface area (Å²) in [7, 11) is 1.75. The Balaban J connectivity index is 3.08. The molecule has 0 aliphatic carbocycles. The van der Waals surface area contributed by atoms with Gasteiger partial charge < -0.3 is 0 Å². The Kier molecular flexibility index (Phi) is 2.06. The van der Waals surface area contributed by atoms with Crippen molar-refractivity contribution in [1.82, 2.24) is 9.78 Å². The summed E-state index contributed by atoms with van der Waals surface area (Å²) < 4.78 is 1.57. The topological polar surface area (TPSA) is 34.9 Å². The van der Waals surface area contributed by atoms with Gasteiger partial charge in [0.2, 0.25) is 0 Å². The van der Waals surface area contributed by atoms with Crippen molar-refractivity contribution >= 4 is 17.9 Å². The Morgan fingerprint density at radius 3 is 3.00 bits per heavy atom. The first-order chi connectivity index (χ1) is 4.77. The summed E-state index contributed by atoms with van der Waals surface area (Å²) in [6, 6.07) is 0. The molecule has 54 valence electrons. The number of carbonyl (C=O) groups is 1. The molecular formula is C6H7ClN2O. The average Bonchev–Trinajstić information content (AvgIpc) is 2.30. The van der Waals surface area contributed by atoms with Gasteiger partial charge in [-0.1, -0.05) is 0 Å². The fourth-order valence-corrected chi connectivity index (χ4v) is 0.963. The van der Waals surface area contributed by atoms with Crippen LogP contribution in [0.2, 0.25) is 0 Å². The van der Waals surface area contributed by atoms with Gasteiger partial charge in [0.1, 0.15) is 0 Å². The van der Waals surface area contributed by atoms with Crippen molar-refractivity contribution in [2.45, 2.75) is 5.88 Å². The van der Waals surface area contributed by atoms with Crippen LogP contribution in [0, 0.1) is 0 Å². The van der Waals surface area contributed by atoms with Gasteiger partial charge in [0.05, 0.1) is 17.1 Å². The summed E-state index contributed by atoms with van der Waals surface area (Å²) in [5.41, 5.74) is 1.21. The molecule has 1 heterocycles. The van der Waals surface area contributed by atoms with Gasteiger partial charge in [0.25, 0.3) is 0 Å². The lowest BCUT2D eigenvalue weighted by molar-refractivity contribution is 0.112. The molecule has 1 aromatic rings. The van der Waals surface area contributed by atoms with E-state index in [4.69, 9.17) is 11.6 Å². The fraction of sp³-hybridized carbons (Fsp3) is 0.333. The number of aromatic nitrogens is 2. The van der Waals surface area contributed by atoms with Gasteiger partial charge in [0, 0.05) is 13.2 Å². The summed E-state index contributed by atoms with van der Waals surface area (Å²) in [4.78, 5) is 10.3. The maximum Gasteiger partial charge on any atom is 0.153 e. The van der Waals surface area contributed by atoms with Crippen molar-refractivity contribution in [2.75, 3.05) is 0 Å². The molecule has 0 aliphatic rings. The Hall–Kier alpha value is -0.830. The highest BCUT2D eigenvalue weighted by Crippen LogP contribution is 2.05. The SMILES string of the molecule is Cn1cc(C=O)c(CCl)n1. The molecule has 0 aliphatic heterocycles. The second-order valence-corrected chi connectivity index (χ2v) is 2.22. The average molecular weight is 159 g/mol. The van der Waals surface area contributed by atoms with E-state index in [2.05, 4.69) is 5.10 Å². The van der Waals surface area contributed by atoms with Crippen LogP contribution in [0.25, 0.3) is 0 Å². The van der Waals surface area contributed by atoms with Crippen LogP contribution in [0.1, 0.15) is 16.1 Å². The van der Waals surface area contributed by atoms with Crippen LogP contribution in [-0.2, 0) is 12.9 Å². The highest BCUT2D eigenvalue weighted by atomic mass is 35.5. The maximum absolute atomic E-state index is 10.3. The van der Waals surface area contributed by atoms with E-state index >= 15 is 0 Å². The Morgan fingerprint density at radius 2 is 2.60 bits per heavy atom. The highest BCUT2D eigenvalue weighted by Gasteiger charge is 2.03. The van der Waals surface area contributed by atoms with E-state index in [1.54, 1.807) is 17.9 Å². The number of carbonyl (C=O) groups excluding carboxylic acids is 1. The van der Waals surface area contributed by atoms with E-state index in [0.29, 0.717) is 11.3 Å². The molecule has 0 spiro atoms. The maximum atomic E-state index is 10.3. The van der Waals surface area contributed by atoms with E-state index < -0.39 is 0 Å². The summed E-state index contributed by atoms with van der Waals surface area (Å²) in [6.07, 6.45) is 2.40. The van der Waals surface area contributed by atoms with E-state index in [1.807, 2.05) is 0 Å². The zero-order chi connectivity index (χ0) is 7.56. The number of alkyl halides is 1. The van der Waals surface area contributed by atoms with Crippen molar-refractivity contribution in [3.05, 3.63) is 17.5 Å². The number of halogens is 1. The zero-order valence-electron chi connectivity index (χ0n) is 5.54. The standard InChI is InChI=1S/C6H7ClN2O/c1-9-3-5(4-10)6(2-7)8-9/h3-4H,2H2,1H3. The monoisotopic (exact) mass is 158 g/mol. The number of aldehydes is 1. The minimum atomic E-state index is 0.287. The first kappa shape index (κ1) is 7.28. The quantitative estimate of drug-likeness (QED) is 0.475. The van der Waals surface area contributed by atoms with Gasteiger partial charge >= 0.3 is 0 Å². The number of hydrogen-bond acceptors (Lipinski definition) is 2. The van der Waals surface area contributed by atoms with Gasteiger partial charge in [-0.25, -0.2) is 0 Å². The molecule has 0 unspecified atom stereocenters. The lowest BCUT2D eigenvalue weighted by Gasteiger charge is -1.84. The fourth-order valence-electron chi connectivity index (χ4n) is 0.755. The minimum Gasteiger partial charge on any atom is -0.298 e. The molecular weight excluding hydrogens is 152 g/mol. The summed E-state index contributed by atoms with van der Waals surface area (Å²) in [6.45, 7) is 0. The summed E-state index contributed by atoms with van der Waals surface area (Å²) in [5.74, 6) is 0.287. The molecule has 0 bridgehead atoms. The van der Waals surface area contributed by atoms with Crippen molar-refractivity contribution < 1.29 is 4.79 Å². The van der Waals surface area contributed by atoms with E-state index in [1.165, 1.54) is 0 Å². The predicted octanol–water partition coefficient (Wildman–Crippen LogP) is 0.971. The molecule has 10 heavy (non-hydrogen) atoms. The molecule has 0 saturated heterocycles. The third-order valence-corrected chi connectivity index (χ3v) is 1.44. The van der Waals surface area contributed by atoms with E-state index in [-0.39, 0.29) is 5.88 Å².